The van der Waals surface area contributed by atoms with Crippen molar-refractivity contribution in [2.75, 3.05) is 39.5 Å². The zero-order chi connectivity index (χ0) is 35.0. The van der Waals surface area contributed by atoms with Crippen LogP contribution in [-0.2, 0) is 30.0 Å². The van der Waals surface area contributed by atoms with Crippen LogP contribution >= 0.6 is 0 Å². The third kappa shape index (κ3) is 5.74. The molecule has 4 heterocycles. The maximum atomic E-state index is 13.8. The number of para-hydroxylation sites is 1. The van der Waals surface area contributed by atoms with Gasteiger partial charge in [-0.1, -0.05) is 38.1 Å². The van der Waals surface area contributed by atoms with Crippen molar-refractivity contribution < 1.29 is 32.8 Å². The van der Waals surface area contributed by atoms with Crippen LogP contribution in [0.3, 0.4) is 0 Å². The van der Waals surface area contributed by atoms with Gasteiger partial charge in [0.05, 0.1) is 49.7 Å². The number of amides is 2. The summed E-state index contributed by atoms with van der Waals surface area (Å²) in [6.07, 6.45) is 6.43. The summed E-state index contributed by atoms with van der Waals surface area (Å²) in [6, 6.07) is 7.59. The van der Waals surface area contributed by atoms with Gasteiger partial charge in [-0.2, -0.15) is 0 Å². The van der Waals surface area contributed by atoms with E-state index in [0.717, 1.165) is 48.9 Å². The Morgan fingerprint density at radius 1 is 1.18 bits per heavy atom. The normalized spacial score (nSPS) is 33.6. The van der Waals surface area contributed by atoms with Gasteiger partial charge in [-0.25, -0.2) is 9.64 Å². The van der Waals surface area contributed by atoms with Gasteiger partial charge < -0.3 is 33.4 Å². The summed E-state index contributed by atoms with van der Waals surface area (Å²) in [5.41, 5.74) is 1.13. The predicted molar refractivity (Wildman–Crippen MR) is 187 cm³/mol. The quantitative estimate of drug-likeness (QED) is 0.221. The number of carbonyl (C=O) groups is 2. The first kappa shape index (κ1) is 33.8. The highest BCUT2D eigenvalue weighted by Gasteiger charge is 2.68. The molecule has 3 aliphatic heterocycles. The number of hydrogen-bond acceptors (Lipinski definition) is 8. The molecule has 1 aromatic carbocycles. The molecule has 3 saturated heterocycles. The molecule has 4 saturated carbocycles. The van der Waals surface area contributed by atoms with E-state index >= 15 is 0 Å². The number of fused-ring (bicyclic) bond motifs is 2. The van der Waals surface area contributed by atoms with E-state index in [4.69, 9.17) is 29.8 Å². The smallest absolute Gasteiger partial charge is 0.464 e. The molecule has 2 aromatic rings. The van der Waals surface area contributed by atoms with Gasteiger partial charge in [0.2, 0.25) is 5.70 Å². The second-order valence-corrected chi connectivity index (χ2v) is 16.7. The van der Waals surface area contributed by atoms with E-state index in [2.05, 4.69) is 35.8 Å². The summed E-state index contributed by atoms with van der Waals surface area (Å²) >= 11 is 0. The number of morpholine rings is 1. The summed E-state index contributed by atoms with van der Waals surface area (Å²) in [4.78, 5) is 35.1. The minimum atomic E-state index is -0.653. The average molecular weight is 685 g/mol. The fourth-order valence-electron chi connectivity index (χ4n) is 9.94. The molecule has 12 heteroatoms. The molecular formula is C38H49BN4O7. The van der Waals surface area contributed by atoms with E-state index in [1.54, 1.807) is 17.2 Å². The summed E-state index contributed by atoms with van der Waals surface area (Å²) in [6.45, 7) is 22.2. The van der Waals surface area contributed by atoms with Gasteiger partial charge in [0, 0.05) is 30.6 Å². The van der Waals surface area contributed by atoms with Gasteiger partial charge in [-0.15, -0.1) is 0 Å². The fraction of sp³-hybridized carbons (Fsp3) is 0.658. The lowest BCUT2D eigenvalue weighted by Gasteiger charge is -2.64. The topological polar surface area (TPSA) is 107 Å². The molecule has 0 radical (unpaired) electrons. The second kappa shape index (κ2) is 12.4. The van der Waals surface area contributed by atoms with Crippen molar-refractivity contribution in [3.05, 3.63) is 59.3 Å². The predicted octanol–water partition coefficient (Wildman–Crippen LogP) is 5.10. The third-order valence-electron chi connectivity index (χ3n) is 13.2. The summed E-state index contributed by atoms with van der Waals surface area (Å²) < 4.78 is 30.7. The summed E-state index contributed by atoms with van der Waals surface area (Å²) in [7, 11) is -0.653. The van der Waals surface area contributed by atoms with Crippen LogP contribution in [-0.4, -0.2) is 97.6 Å². The molecule has 0 unspecified atom stereocenters. The van der Waals surface area contributed by atoms with Gasteiger partial charge in [0.15, 0.2) is 0 Å². The molecule has 11 nitrogen and oxygen atoms in total. The Hall–Kier alpha value is -3.37. The number of rotatable bonds is 9. The Kier molecular flexibility index (Phi) is 8.37. The van der Waals surface area contributed by atoms with Crippen LogP contribution in [0.15, 0.2) is 46.7 Å². The van der Waals surface area contributed by atoms with E-state index in [1.165, 1.54) is 0 Å². The molecule has 50 heavy (non-hydrogen) atoms. The minimum Gasteiger partial charge on any atom is -0.464 e. The first-order valence-electron chi connectivity index (χ1n) is 18.3. The van der Waals surface area contributed by atoms with Crippen molar-refractivity contribution in [2.45, 2.75) is 89.5 Å². The van der Waals surface area contributed by atoms with Gasteiger partial charge in [0.1, 0.15) is 12.2 Å². The van der Waals surface area contributed by atoms with Crippen molar-refractivity contribution >= 4 is 30.1 Å². The van der Waals surface area contributed by atoms with Crippen LogP contribution in [0.1, 0.15) is 59.4 Å². The van der Waals surface area contributed by atoms with E-state index in [9.17, 15) is 9.59 Å². The molecule has 7 fully saturated rings. The highest BCUT2D eigenvalue weighted by atomic mass is 16.7. The van der Waals surface area contributed by atoms with Crippen molar-refractivity contribution in [1.82, 2.24) is 15.1 Å². The highest BCUT2D eigenvalue weighted by Crippen LogP contribution is 2.65. The van der Waals surface area contributed by atoms with Crippen molar-refractivity contribution in [2.24, 2.45) is 29.1 Å². The Labute approximate surface area is 294 Å². The summed E-state index contributed by atoms with van der Waals surface area (Å²) in [5.74, 6) is 0.805. The first-order chi connectivity index (χ1) is 23.9. The van der Waals surface area contributed by atoms with Crippen LogP contribution in [0.25, 0.3) is 15.8 Å². The van der Waals surface area contributed by atoms with Crippen molar-refractivity contribution in [1.29, 1.82) is 0 Å². The van der Waals surface area contributed by atoms with Crippen LogP contribution in [0.5, 0.6) is 0 Å². The zero-order valence-electron chi connectivity index (χ0n) is 29.9. The van der Waals surface area contributed by atoms with Crippen LogP contribution < -0.4 is 5.32 Å². The Balaban J connectivity index is 0.965. The molecule has 2 bridgehead atoms. The number of piperidine rings is 1. The molecule has 0 spiro atoms. The van der Waals surface area contributed by atoms with Gasteiger partial charge in [-0.3, -0.25) is 9.69 Å². The van der Waals surface area contributed by atoms with Crippen LogP contribution in [0.2, 0.25) is 0 Å². The molecular weight excluding hydrogens is 635 g/mol. The number of furan rings is 1. The first-order valence-corrected chi connectivity index (χ1v) is 18.3. The zero-order valence-corrected chi connectivity index (χ0v) is 29.9. The number of nitrogens with one attached hydrogen (secondary N) is 1. The maximum absolute atomic E-state index is 13.8. The van der Waals surface area contributed by atoms with E-state index in [0.29, 0.717) is 43.9 Å². The molecule has 9 rings (SSSR count). The minimum absolute atomic E-state index is 0.0338. The monoisotopic (exact) mass is 684 g/mol. The number of nitrogens with zero attached hydrogens (tertiary/aromatic N) is 3. The van der Waals surface area contributed by atoms with Crippen LogP contribution in [0.4, 0.5) is 4.79 Å². The Morgan fingerprint density at radius 3 is 2.72 bits per heavy atom. The van der Waals surface area contributed by atoms with Crippen LogP contribution in [0, 0.1) is 35.7 Å². The Bertz CT molecular complexity index is 1730. The number of benzene rings is 1. The molecule has 2 amide bonds. The van der Waals surface area contributed by atoms with Crippen molar-refractivity contribution in [3.8, 4) is 0 Å². The molecule has 8 atom stereocenters. The number of hydrogen-bond donors (Lipinski definition) is 1. The van der Waals surface area contributed by atoms with E-state index in [-0.39, 0.29) is 41.7 Å². The maximum Gasteiger partial charge on any atom is 0.482 e. The fourth-order valence-corrected chi connectivity index (χ4v) is 9.94. The molecule has 4 aliphatic carbocycles. The molecule has 1 N–H and O–H groups in total. The SMILES string of the molecule is [C-]#[N+]C(=CC(C)(C)N1CCOCC1)C(=O)N1C[C@@H]2C[C@@H]2[C@@H]1COC(=O)N[C@@H](Cc1coc2ccccc12)B1O[C@@H]2C[C@@H]3C[C@@H](C3(C)C)[C@]2(C)O1. The highest BCUT2D eigenvalue weighted by molar-refractivity contribution is 6.48. The number of alkyl carbamates (subject to hydrolysis) is 1. The average Bonchev–Trinajstić information content (AvgIpc) is 3.41. The second-order valence-electron chi connectivity index (χ2n) is 16.7. The number of likely N-dealkylation sites (tertiary alicyclic amines) is 1. The summed E-state index contributed by atoms with van der Waals surface area (Å²) in [5, 5.41) is 4.09. The largest absolute Gasteiger partial charge is 0.482 e. The lowest BCUT2D eigenvalue weighted by molar-refractivity contribution is -0.199. The lowest BCUT2D eigenvalue weighted by Crippen LogP contribution is -2.65. The van der Waals surface area contributed by atoms with Crippen molar-refractivity contribution in [3.63, 3.8) is 0 Å². The lowest BCUT2D eigenvalue weighted by atomic mass is 9.43. The van der Waals surface area contributed by atoms with E-state index in [1.807, 2.05) is 38.1 Å². The molecule has 1 aromatic heterocycles. The Morgan fingerprint density at radius 2 is 1.96 bits per heavy atom. The molecule has 266 valence electrons. The van der Waals surface area contributed by atoms with Gasteiger partial charge in [-0.05, 0) is 87.2 Å². The number of carbonyl (C=O) groups excluding carboxylic acids is 2. The standard InChI is InChI=1S/C38H49BN4O7/c1-36(2,42-11-13-46-14-12-42)19-28(40-6)34(44)43-20-23-15-27(23)29(43)22-48-35(45)41-33(16-24-21-47-30-10-8-7-9-26(24)30)39-49-32-18-25-17-31(37(25,3)4)38(32,5)50-39/h7-10,19,21,23,25,27,29,31-33H,11-18,20,22H2,1-5H3,(H,41,45)/t23-,25-,27-,29-,31-,32+,33-,38-/m0/s1. The third-order valence-corrected chi connectivity index (χ3v) is 13.2. The van der Waals surface area contributed by atoms with Gasteiger partial charge in [0.25, 0.3) is 5.91 Å². The van der Waals surface area contributed by atoms with E-state index < -0.39 is 30.3 Å². The molecule has 7 aliphatic rings. The number of ether oxygens (including phenoxy) is 2. The van der Waals surface area contributed by atoms with Gasteiger partial charge >= 0.3 is 13.2 Å².